The molecule has 11 heteroatoms. The standard InChI is InChI=1S/C17H7Br2F5N2O2/c18-7-4-8(19)17(15-6(7)2-1-3-25-15)28-5-9(27)26-16-13(23)11(21)10(20)12(22)14(16)24/h1-4H,5H2,(H,26,27). The van der Waals surface area contributed by atoms with E-state index in [1.165, 1.54) is 6.20 Å². The number of nitrogens with zero attached hydrogens (tertiary/aromatic N) is 1. The smallest absolute Gasteiger partial charge is 0.262 e. The highest BCUT2D eigenvalue weighted by Crippen LogP contribution is 2.37. The maximum absolute atomic E-state index is 13.6. The molecule has 0 aliphatic rings. The van der Waals surface area contributed by atoms with E-state index in [2.05, 4.69) is 36.8 Å². The van der Waals surface area contributed by atoms with Crippen molar-refractivity contribution < 1.29 is 31.5 Å². The maximum atomic E-state index is 13.6. The number of ether oxygens (including phenoxy) is 1. The molecule has 0 bridgehead atoms. The van der Waals surface area contributed by atoms with Gasteiger partial charge < -0.3 is 10.1 Å². The number of nitrogens with one attached hydrogen (secondary N) is 1. The molecule has 0 aliphatic heterocycles. The molecular weight excluding hydrogens is 519 g/mol. The molecule has 2 aromatic carbocycles. The molecule has 0 saturated heterocycles. The van der Waals surface area contributed by atoms with Crippen molar-refractivity contribution in [3.63, 3.8) is 0 Å². The lowest BCUT2D eigenvalue weighted by Gasteiger charge is -2.13. The number of aromatic nitrogens is 1. The Morgan fingerprint density at radius 1 is 1.00 bits per heavy atom. The number of fused-ring (bicyclic) bond motifs is 1. The summed E-state index contributed by atoms with van der Waals surface area (Å²) in [6.45, 7) is -0.772. The van der Waals surface area contributed by atoms with Gasteiger partial charge in [-0.3, -0.25) is 9.78 Å². The van der Waals surface area contributed by atoms with E-state index in [9.17, 15) is 26.7 Å². The minimum Gasteiger partial charge on any atom is -0.480 e. The second kappa shape index (κ2) is 8.00. The van der Waals surface area contributed by atoms with Crippen molar-refractivity contribution in [2.24, 2.45) is 0 Å². The van der Waals surface area contributed by atoms with Crippen LogP contribution in [0.4, 0.5) is 27.6 Å². The molecule has 0 atom stereocenters. The number of carbonyl (C=O) groups excluding carboxylic acids is 1. The summed E-state index contributed by atoms with van der Waals surface area (Å²) in [6.07, 6.45) is 1.49. The Kier molecular flexibility index (Phi) is 5.84. The minimum absolute atomic E-state index is 0.159. The molecule has 1 amide bonds. The number of anilines is 1. The Bertz CT molecular complexity index is 1080. The summed E-state index contributed by atoms with van der Waals surface area (Å²) in [5.41, 5.74) is -1.07. The number of carbonyl (C=O) groups is 1. The lowest BCUT2D eigenvalue weighted by molar-refractivity contribution is -0.118. The van der Waals surface area contributed by atoms with Gasteiger partial charge in [-0.2, -0.15) is 0 Å². The van der Waals surface area contributed by atoms with Crippen molar-refractivity contribution in [1.29, 1.82) is 0 Å². The second-order valence-electron chi connectivity index (χ2n) is 5.35. The van der Waals surface area contributed by atoms with E-state index >= 15 is 0 Å². The third-order valence-electron chi connectivity index (χ3n) is 3.57. The number of halogens is 7. The summed E-state index contributed by atoms with van der Waals surface area (Å²) in [4.78, 5) is 16.1. The van der Waals surface area contributed by atoms with Crippen LogP contribution in [0.1, 0.15) is 0 Å². The van der Waals surface area contributed by atoms with Gasteiger partial charge in [0.2, 0.25) is 5.82 Å². The van der Waals surface area contributed by atoms with E-state index in [0.717, 1.165) is 0 Å². The van der Waals surface area contributed by atoms with E-state index in [-0.39, 0.29) is 5.75 Å². The molecule has 4 nitrogen and oxygen atoms in total. The number of rotatable bonds is 4. The van der Waals surface area contributed by atoms with Crippen LogP contribution in [0.25, 0.3) is 10.9 Å². The average molecular weight is 526 g/mol. The molecule has 1 heterocycles. The Hall–Kier alpha value is -2.27. The van der Waals surface area contributed by atoms with Gasteiger partial charge >= 0.3 is 0 Å². The van der Waals surface area contributed by atoms with E-state index in [1.807, 2.05) is 0 Å². The van der Waals surface area contributed by atoms with E-state index in [4.69, 9.17) is 4.74 Å². The van der Waals surface area contributed by atoms with Crippen molar-refractivity contribution in [2.45, 2.75) is 0 Å². The van der Waals surface area contributed by atoms with E-state index in [0.29, 0.717) is 19.8 Å². The average Bonchev–Trinajstić information content (AvgIpc) is 2.68. The molecule has 0 radical (unpaired) electrons. The molecule has 0 spiro atoms. The van der Waals surface area contributed by atoms with Gasteiger partial charge in [-0.05, 0) is 28.1 Å². The molecule has 0 saturated carbocycles. The molecule has 146 valence electrons. The Morgan fingerprint density at radius 3 is 2.25 bits per heavy atom. The van der Waals surface area contributed by atoms with Crippen molar-refractivity contribution in [3.05, 3.63) is 62.4 Å². The number of benzene rings is 2. The fourth-order valence-corrected chi connectivity index (χ4v) is 3.70. The zero-order chi connectivity index (χ0) is 20.6. The second-order valence-corrected chi connectivity index (χ2v) is 7.06. The summed E-state index contributed by atoms with van der Waals surface area (Å²) in [5, 5.41) is 2.30. The number of hydrogen-bond donors (Lipinski definition) is 1. The highest BCUT2D eigenvalue weighted by Gasteiger charge is 2.27. The number of pyridine rings is 1. The van der Waals surface area contributed by atoms with Crippen LogP contribution >= 0.6 is 31.9 Å². The molecule has 28 heavy (non-hydrogen) atoms. The van der Waals surface area contributed by atoms with Crippen molar-refractivity contribution >= 4 is 54.4 Å². The molecule has 0 unspecified atom stereocenters. The van der Waals surface area contributed by atoms with Gasteiger partial charge in [-0.25, -0.2) is 22.0 Å². The minimum atomic E-state index is -2.32. The molecule has 0 fully saturated rings. The lowest BCUT2D eigenvalue weighted by Crippen LogP contribution is -2.23. The van der Waals surface area contributed by atoms with Crippen LogP contribution < -0.4 is 10.1 Å². The molecule has 3 rings (SSSR count). The lowest BCUT2D eigenvalue weighted by atomic mass is 10.2. The van der Waals surface area contributed by atoms with Gasteiger partial charge in [0.1, 0.15) is 11.2 Å². The van der Waals surface area contributed by atoms with Crippen LogP contribution in [0.5, 0.6) is 5.75 Å². The normalized spacial score (nSPS) is 11.0. The van der Waals surface area contributed by atoms with Gasteiger partial charge in [-0.1, -0.05) is 22.0 Å². The third kappa shape index (κ3) is 3.68. The van der Waals surface area contributed by atoms with Crippen molar-refractivity contribution in [1.82, 2.24) is 4.98 Å². The number of hydrogen-bond acceptors (Lipinski definition) is 3. The SMILES string of the molecule is O=C(COc1c(Br)cc(Br)c2cccnc12)Nc1c(F)c(F)c(F)c(F)c1F. The van der Waals surface area contributed by atoms with Crippen LogP contribution in [0.3, 0.4) is 0 Å². The first-order chi connectivity index (χ1) is 13.2. The fourth-order valence-electron chi connectivity index (χ4n) is 2.31. The van der Waals surface area contributed by atoms with Gasteiger partial charge in [0.15, 0.2) is 35.6 Å². The first-order valence-electron chi connectivity index (χ1n) is 7.39. The zero-order valence-corrected chi connectivity index (χ0v) is 16.6. The highest BCUT2D eigenvalue weighted by atomic mass is 79.9. The Balaban J connectivity index is 1.84. The molecule has 3 aromatic rings. The first kappa shape index (κ1) is 20.5. The van der Waals surface area contributed by atoms with E-state index in [1.54, 1.807) is 23.5 Å². The van der Waals surface area contributed by atoms with Gasteiger partial charge in [0.05, 0.1) is 4.47 Å². The predicted molar refractivity (Wildman–Crippen MR) is 97.5 cm³/mol. The summed E-state index contributed by atoms with van der Waals surface area (Å²) < 4.78 is 73.2. The Labute approximate surface area is 171 Å². The first-order valence-corrected chi connectivity index (χ1v) is 8.97. The molecule has 1 aromatic heterocycles. The summed E-state index contributed by atoms with van der Waals surface area (Å²) in [7, 11) is 0. The summed E-state index contributed by atoms with van der Waals surface area (Å²) >= 11 is 6.60. The largest absolute Gasteiger partial charge is 0.480 e. The summed E-state index contributed by atoms with van der Waals surface area (Å²) in [6, 6.07) is 5.06. The predicted octanol–water partition coefficient (Wildman–Crippen LogP) is 5.47. The van der Waals surface area contributed by atoms with Crippen LogP contribution in [-0.4, -0.2) is 17.5 Å². The monoisotopic (exact) mass is 524 g/mol. The molecule has 0 aliphatic carbocycles. The maximum Gasteiger partial charge on any atom is 0.262 e. The van der Waals surface area contributed by atoms with Crippen molar-refractivity contribution in [2.75, 3.05) is 11.9 Å². The quantitative estimate of drug-likeness (QED) is 0.279. The van der Waals surface area contributed by atoms with Crippen molar-refractivity contribution in [3.8, 4) is 5.75 Å². The highest BCUT2D eigenvalue weighted by molar-refractivity contribution is 9.11. The Morgan fingerprint density at radius 2 is 1.61 bits per heavy atom. The van der Waals surface area contributed by atoms with Gasteiger partial charge in [-0.15, -0.1) is 0 Å². The van der Waals surface area contributed by atoms with Crippen LogP contribution in [0, 0.1) is 29.1 Å². The molecular formula is C17H7Br2F5N2O2. The van der Waals surface area contributed by atoms with E-state index < -0.39 is 47.3 Å². The summed E-state index contributed by atoms with van der Waals surface area (Å²) in [5.74, 6) is -11.9. The van der Waals surface area contributed by atoms with Gasteiger partial charge in [0, 0.05) is 16.1 Å². The molecule has 1 N–H and O–H groups in total. The van der Waals surface area contributed by atoms with Crippen LogP contribution in [-0.2, 0) is 4.79 Å². The fraction of sp³-hybridized carbons (Fsp3) is 0.0588. The van der Waals surface area contributed by atoms with Crippen LogP contribution in [0.15, 0.2) is 33.3 Å². The van der Waals surface area contributed by atoms with Gasteiger partial charge in [0.25, 0.3) is 5.91 Å². The topological polar surface area (TPSA) is 51.2 Å². The number of amides is 1. The third-order valence-corrected chi connectivity index (χ3v) is 4.82. The zero-order valence-electron chi connectivity index (χ0n) is 13.4. The van der Waals surface area contributed by atoms with Crippen LogP contribution in [0.2, 0.25) is 0 Å².